The van der Waals surface area contributed by atoms with Crippen molar-refractivity contribution in [2.75, 3.05) is 32.8 Å². The van der Waals surface area contributed by atoms with Crippen molar-refractivity contribution in [1.82, 2.24) is 9.80 Å². The first-order valence-corrected chi connectivity index (χ1v) is 12.9. The van der Waals surface area contributed by atoms with Crippen LogP contribution in [0, 0.1) is 6.92 Å². The third-order valence-electron chi connectivity index (χ3n) is 8.06. The van der Waals surface area contributed by atoms with Gasteiger partial charge in [0.2, 0.25) is 0 Å². The molecule has 7 rings (SSSR count). The molecule has 33 heavy (non-hydrogen) atoms. The minimum atomic E-state index is -3.91. The van der Waals surface area contributed by atoms with E-state index in [0.717, 1.165) is 17.8 Å². The van der Waals surface area contributed by atoms with Crippen LogP contribution in [0.25, 0.3) is 0 Å². The minimum Gasteiger partial charge on any atom is -0.382 e. The summed E-state index contributed by atoms with van der Waals surface area (Å²) >= 11 is 0. The van der Waals surface area contributed by atoms with Gasteiger partial charge in [-0.15, -0.1) is 0 Å². The van der Waals surface area contributed by atoms with E-state index in [9.17, 15) is 13.5 Å². The van der Waals surface area contributed by atoms with Crippen LogP contribution in [-0.2, 0) is 20.9 Å². The molecule has 1 N–H and O–H groups in total. The van der Waals surface area contributed by atoms with E-state index in [1.165, 1.54) is 0 Å². The lowest BCUT2D eigenvalue weighted by Gasteiger charge is -2.71. The van der Waals surface area contributed by atoms with Crippen molar-refractivity contribution < 1.29 is 13.5 Å². The van der Waals surface area contributed by atoms with Crippen LogP contribution in [0.2, 0.25) is 0 Å². The first kappa shape index (κ1) is 21.1. The van der Waals surface area contributed by atoms with Gasteiger partial charge in [0.15, 0.2) is 9.84 Å². The third-order valence-corrected chi connectivity index (χ3v) is 10.5. The van der Waals surface area contributed by atoms with Gasteiger partial charge >= 0.3 is 0 Å². The zero-order valence-electron chi connectivity index (χ0n) is 18.7. The molecule has 0 spiro atoms. The van der Waals surface area contributed by atoms with Crippen LogP contribution >= 0.6 is 0 Å². The van der Waals surface area contributed by atoms with Gasteiger partial charge in [-0.3, -0.25) is 9.80 Å². The van der Waals surface area contributed by atoms with Crippen molar-refractivity contribution in [3.05, 3.63) is 102 Å². The van der Waals surface area contributed by atoms with E-state index in [2.05, 4.69) is 9.80 Å². The van der Waals surface area contributed by atoms with Crippen LogP contribution in [0.5, 0.6) is 0 Å². The lowest BCUT2D eigenvalue weighted by Crippen LogP contribution is -2.87. The highest BCUT2D eigenvalue weighted by molar-refractivity contribution is 7.93. The molecule has 0 aliphatic carbocycles. The number of aliphatic hydroxyl groups is 1. The fourth-order valence-electron chi connectivity index (χ4n) is 6.75. The normalized spacial score (nSPS) is 35.0. The second kappa shape index (κ2) is 7.00. The SMILES string of the molecule is Cc1ccc(S(=O)(=O)C23CN4CN(CC(c5ccccc5)(C4)C2(O)c2ccccc2)C3)cc1. The zero-order valence-corrected chi connectivity index (χ0v) is 19.5. The second-order valence-corrected chi connectivity index (χ2v) is 12.2. The summed E-state index contributed by atoms with van der Waals surface area (Å²) in [4.78, 5) is 4.70. The van der Waals surface area contributed by atoms with Crippen LogP contribution in [-0.4, -0.2) is 60.9 Å². The Morgan fingerprint density at radius 1 is 0.727 bits per heavy atom. The Bertz CT molecular complexity index is 1280. The van der Waals surface area contributed by atoms with Crippen molar-refractivity contribution in [1.29, 1.82) is 0 Å². The fraction of sp³-hybridized carbons (Fsp3) is 0.333. The van der Waals surface area contributed by atoms with E-state index in [1.54, 1.807) is 12.1 Å². The average molecular weight is 461 g/mol. The number of aryl methyl sites for hydroxylation is 1. The predicted molar refractivity (Wildman–Crippen MR) is 128 cm³/mol. The number of hydrogen-bond donors (Lipinski definition) is 1. The van der Waals surface area contributed by atoms with Crippen molar-refractivity contribution >= 4 is 9.84 Å². The monoisotopic (exact) mass is 460 g/mol. The number of benzene rings is 3. The summed E-state index contributed by atoms with van der Waals surface area (Å²) in [5.74, 6) is 0. The Labute approximate surface area is 195 Å². The average Bonchev–Trinajstić information content (AvgIpc) is 2.83. The molecule has 6 heteroatoms. The Morgan fingerprint density at radius 2 is 1.24 bits per heavy atom. The van der Waals surface area contributed by atoms with E-state index in [1.807, 2.05) is 79.7 Å². The quantitative estimate of drug-likeness (QED) is 0.649. The summed E-state index contributed by atoms with van der Waals surface area (Å²) in [7, 11) is -3.91. The molecule has 3 atom stereocenters. The molecule has 0 radical (unpaired) electrons. The van der Waals surface area contributed by atoms with Gasteiger partial charge in [-0.2, -0.15) is 0 Å². The summed E-state index contributed by atoms with van der Waals surface area (Å²) in [5.41, 5.74) is 0.285. The van der Waals surface area contributed by atoms with E-state index in [0.29, 0.717) is 31.7 Å². The number of piperidine rings is 2. The lowest BCUT2D eigenvalue weighted by molar-refractivity contribution is -0.213. The highest BCUT2D eigenvalue weighted by Crippen LogP contribution is 2.61. The Balaban J connectivity index is 1.68. The molecule has 4 heterocycles. The van der Waals surface area contributed by atoms with Crippen LogP contribution in [0.1, 0.15) is 16.7 Å². The Morgan fingerprint density at radius 3 is 1.79 bits per heavy atom. The Hall–Kier alpha value is -2.51. The first-order chi connectivity index (χ1) is 15.8. The van der Waals surface area contributed by atoms with E-state index < -0.39 is 25.6 Å². The van der Waals surface area contributed by atoms with Crippen molar-refractivity contribution in [2.45, 2.75) is 27.6 Å². The molecular weight excluding hydrogens is 432 g/mol. The molecule has 170 valence electrons. The highest BCUT2D eigenvalue weighted by atomic mass is 32.2. The van der Waals surface area contributed by atoms with Crippen molar-refractivity contribution in [2.24, 2.45) is 0 Å². The van der Waals surface area contributed by atoms with Crippen molar-refractivity contribution in [3.8, 4) is 0 Å². The molecule has 4 fully saturated rings. The number of hydrogen-bond acceptors (Lipinski definition) is 5. The summed E-state index contributed by atoms with van der Waals surface area (Å²) in [5, 5.41) is 13.0. The molecule has 5 nitrogen and oxygen atoms in total. The maximum atomic E-state index is 14.5. The van der Waals surface area contributed by atoms with Crippen LogP contribution in [0.3, 0.4) is 0 Å². The maximum absolute atomic E-state index is 14.5. The van der Waals surface area contributed by atoms with Crippen LogP contribution in [0.4, 0.5) is 0 Å². The van der Waals surface area contributed by atoms with Gasteiger partial charge in [-0.1, -0.05) is 78.4 Å². The largest absolute Gasteiger partial charge is 0.382 e. The predicted octanol–water partition coefficient (Wildman–Crippen LogP) is 2.94. The van der Waals surface area contributed by atoms with Crippen molar-refractivity contribution in [3.63, 3.8) is 0 Å². The topological polar surface area (TPSA) is 60.9 Å². The zero-order chi connectivity index (χ0) is 22.9. The fourth-order valence-corrected chi connectivity index (χ4v) is 9.10. The first-order valence-electron chi connectivity index (χ1n) is 11.4. The lowest BCUT2D eigenvalue weighted by atomic mass is 9.53. The molecular formula is C27H28N2O3S. The highest BCUT2D eigenvalue weighted by Gasteiger charge is 2.77. The van der Waals surface area contributed by atoms with E-state index in [4.69, 9.17) is 0 Å². The molecule has 4 saturated heterocycles. The molecule has 3 aromatic carbocycles. The van der Waals surface area contributed by atoms with Crippen LogP contribution in [0.15, 0.2) is 89.8 Å². The Kier molecular flexibility index (Phi) is 4.46. The maximum Gasteiger partial charge on any atom is 0.189 e. The molecule has 4 aliphatic heterocycles. The van der Waals surface area contributed by atoms with Gasteiger partial charge in [-0.05, 0) is 30.2 Å². The van der Waals surface area contributed by atoms with Gasteiger partial charge in [0.1, 0.15) is 10.3 Å². The standard InChI is InChI=1S/C27H28N2O3S/c1-21-12-14-24(15-13-21)33(31,32)26-18-28-16-25(17-29(19-26)20-28,22-8-4-2-5-9-22)27(26,30)23-10-6-3-7-11-23/h2-15,30H,16-20H2,1H3. The number of sulfone groups is 1. The third kappa shape index (κ3) is 2.61. The van der Waals surface area contributed by atoms with Gasteiger partial charge in [0.05, 0.1) is 17.0 Å². The second-order valence-electron chi connectivity index (χ2n) is 9.95. The molecule has 3 unspecified atom stereocenters. The molecule has 4 bridgehead atoms. The summed E-state index contributed by atoms with van der Waals surface area (Å²) in [6.07, 6.45) is 0. The van der Waals surface area contributed by atoms with Gasteiger partial charge in [0.25, 0.3) is 0 Å². The summed E-state index contributed by atoms with van der Waals surface area (Å²) in [6, 6.07) is 26.5. The minimum absolute atomic E-state index is 0.273. The summed E-state index contributed by atoms with van der Waals surface area (Å²) < 4.78 is 27.7. The molecule has 0 aromatic heterocycles. The van der Waals surface area contributed by atoms with Gasteiger partial charge in [-0.25, -0.2) is 8.42 Å². The van der Waals surface area contributed by atoms with Gasteiger partial charge in [0, 0.05) is 26.2 Å². The molecule has 3 aromatic rings. The van der Waals surface area contributed by atoms with E-state index in [-0.39, 0.29) is 4.90 Å². The van der Waals surface area contributed by atoms with Crippen LogP contribution < -0.4 is 0 Å². The van der Waals surface area contributed by atoms with E-state index >= 15 is 0 Å². The smallest absolute Gasteiger partial charge is 0.189 e. The summed E-state index contributed by atoms with van der Waals surface area (Å²) in [6.45, 7) is 4.52. The molecule has 0 saturated carbocycles. The number of rotatable bonds is 4. The number of nitrogens with zero attached hydrogens (tertiary/aromatic N) is 2. The molecule has 0 amide bonds. The van der Waals surface area contributed by atoms with Gasteiger partial charge < -0.3 is 5.11 Å². The molecule has 4 aliphatic rings.